The number of hydrogen-bond acceptors (Lipinski definition) is 5. The van der Waals surface area contributed by atoms with Crippen LogP contribution in [0, 0.1) is 0 Å². The number of amidine groups is 1. The van der Waals surface area contributed by atoms with Crippen molar-refractivity contribution in [3.05, 3.63) is 59.9 Å². The molecule has 1 aromatic heterocycles. The van der Waals surface area contributed by atoms with E-state index in [0.29, 0.717) is 5.25 Å². The molecule has 4 nitrogen and oxygen atoms in total. The molecule has 0 spiro atoms. The summed E-state index contributed by atoms with van der Waals surface area (Å²) in [6.07, 6.45) is 1.99. The van der Waals surface area contributed by atoms with Crippen molar-refractivity contribution in [2.24, 2.45) is 4.99 Å². The first kappa shape index (κ1) is 16.5. The molecule has 3 atom stereocenters. The normalized spacial score (nSPS) is 25.2. The van der Waals surface area contributed by atoms with Crippen molar-refractivity contribution in [3.63, 3.8) is 0 Å². The maximum Gasteiger partial charge on any atom is 0.160 e. The Bertz CT molecular complexity index is 778. The molecule has 0 radical (unpaired) electrons. The minimum absolute atomic E-state index is 0.00751. The van der Waals surface area contributed by atoms with Crippen LogP contribution >= 0.6 is 11.8 Å². The average Bonchev–Trinajstić information content (AvgIpc) is 3.12. The summed E-state index contributed by atoms with van der Waals surface area (Å²) >= 11 is 1.86. The molecule has 5 heteroatoms. The van der Waals surface area contributed by atoms with Crippen molar-refractivity contribution >= 4 is 16.9 Å². The lowest BCUT2D eigenvalue weighted by Crippen LogP contribution is -2.29. The molecule has 25 heavy (non-hydrogen) atoms. The molecule has 0 bridgehead atoms. The Morgan fingerprint density at radius 1 is 1.16 bits per heavy atom. The topological polar surface area (TPSA) is 37.7 Å². The summed E-state index contributed by atoms with van der Waals surface area (Å²) in [4.78, 5) is 12.1. The summed E-state index contributed by atoms with van der Waals surface area (Å²) in [5.41, 5.74) is 2.21. The van der Waals surface area contributed by atoms with Crippen LogP contribution in [0.3, 0.4) is 0 Å². The maximum absolute atomic E-state index is 6.11. The number of nitrogens with zero attached hydrogens (tertiary/aromatic N) is 3. The van der Waals surface area contributed by atoms with Gasteiger partial charge in [-0.1, -0.05) is 43.0 Å². The van der Waals surface area contributed by atoms with Gasteiger partial charge < -0.3 is 9.64 Å². The minimum Gasteiger partial charge on any atom is -0.491 e. The van der Waals surface area contributed by atoms with Gasteiger partial charge in [0.15, 0.2) is 5.17 Å². The molecular formula is C20H23N3OS. The van der Waals surface area contributed by atoms with Crippen molar-refractivity contribution in [1.29, 1.82) is 0 Å². The number of rotatable bonds is 4. The fraction of sp³-hybridized carbons (Fsp3) is 0.400. The van der Waals surface area contributed by atoms with Gasteiger partial charge in [-0.2, -0.15) is 0 Å². The Morgan fingerprint density at radius 2 is 1.96 bits per heavy atom. The van der Waals surface area contributed by atoms with Crippen molar-refractivity contribution in [1.82, 2.24) is 9.88 Å². The van der Waals surface area contributed by atoms with E-state index in [-0.39, 0.29) is 18.2 Å². The van der Waals surface area contributed by atoms with Gasteiger partial charge in [-0.05, 0) is 32.0 Å². The maximum atomic E-state index is 6.11. The molecule has 130 valence electrons. The highest BCUT2D eigenvalue weighted by molar-refractivity contribution is 8.14. The zero-order valence-electron chi connectivity index (χ0n) is 14.8. The fourth-order valence-corrected chi connectivity index (χ4v) is 4.63. The van der Waals surface area contributed by atoms with Crippen molar-refractivity contribution in [2.75, 3.05) is 6.54 Å². The van der Waals surface area contributed by atoms with E-state index < -0.39 is 0 Å². The lowest BCUT2D eigenvalue weighted by Gasteiger charge is -2.29. The first-order valence-electron chi connectivity index (χ1n) is 8.81. The van der Waals surface area contributed by atoms with Crippen LogP contribution in [0.4, 0.5) is 0 Å². The van der Waals surface area contributed by atoms with E-state index in [9.17, 15) is 0 Å². The molecule has 1 saturated heterocycles. The Labute approximate surface area is 153 Å². The van der Waals surface area contributed by atoms with E-state index in [1.54, 1.807) is 0 Å². The number of aromatic nitrogens is 1. The number of ether oxygens (including phenoxy) is 1. The molecule has 0 saturated carbocycles. The molecule has 0 aliphatic carbocycles. The number of hydrogen-bond donors (Lipinski definition) is 0. The Hall–Kier alpha value is -2.01. The average molecular weight is 353 g/mol. The van der Waals surface area contributed by atoms with E-state index in [1.165, 1.54) is 5.56 Å². The summed E-state index contributed by atoms with van der Waals surface area (Å²) in [5, 5.41) is 1.69. The molecule has 0 amide bonds. The largest absolute Gasteiger partial charge is 0.491 e. The Morgan fingerprint density at radius 3 is 2.72 bits per heavy atom. The van der Waals surface area contributed by atoms with E-state index in [4.69, 9.17) is 9.73 Å². The summed E-state index contributed by atoms with van der Waals surface area (Å²) in [7, 11) is 0. The highest BCUT2D eigenvalue weighted by Crippen LogP contribution is 2.49. The number of aliphatic imine (C=N–C) groups is 1. The quantitative estimate of drug-likeness (QED) is 0.813. The van der Waals surface area contributed by atoms with Crippen LogP contribution < -0.4 is 4.74 Å². The predicted octanol–water partition coefficient (Wildman–Crippen LogP) is 4.46. The highest BCUT2D eigenvalue weighted by Gasteiger charge is 2.44. The van der Waals surface area contributed by atoms with Gasteiger partial charge in [0, 0.05) is 23.6 Å². The van der Waals surface area contributed by atoms with Crippen molar-refractivity contribution in [2.45, 2.75) is 44.2 Å². The van der Waals surface area contributed by atoms with Gasteiger partial charge in [0.05, 0.1) is 17.8 Å². The van der Waals surface area contributed by atoms with Gasteiger partial charge in [0.25, 0.3) is 0 Å². The number of para-hydroxylation sites is 1. The van der Waals surface area contributed by atoms with Crippen LogP contribution in [-0.2, 0) is 0 Å². The third kappa shape index (κ3) is 3.13. The molecule has 2 aromatic rings. The van der Waals surface area contributed by atoms with Crippen molar-refractivity contribution in [3.8, 4) is 5.75 Å². The van der Waals surface area contributed by atoms with Crippen LogP contribution in [0.15, 0.2) is 53.7 Å². The minimum atomic E-state index is 0.00751. The summed E-state index contributed by atoms with van der Waals surface area (Å²) < 4.78 is 6.11. The van der Waals surface area contributed by atoms with Gasteiger partial charge in [0.2, 0.25) is 0 Å². The lowest BCUT2D eigenvalue weighted by atomic mass is 9.95. The molecule has 0 N–H and O–H groups in total. The van der Waals surface area contributed by atoms with Crippen molar-refractivity contribution < 1.29 is 4.74 Å². The molecule has 4 rings (SSSR count). The fourth-order valence-electron chi connectivity index (χ4n) is 3.54. The summed E-state index contributed by atoms with van der Waals surface area (Å²) in [6.45, 7) is 7.40. The third-order valence-corrected chi connectivity index (χ3v) is 5.58. The second kappa shape index (κ2) is 6.71. The van der Waals surface area contributed by atoms with Crippen LogP contribution in [-0.4, -0.2) is 33.0 Å². The van der Waals surface area contributed by atoms with Crippen LogP contribution in [0.2, 0.25) is 0 Å². The van der Waals surface area contributed by atoms with Crippen LogP contribution in [0.1, 0.15) is 44.1 Å². The van der Waals surface area contributed by atoms with Gasteiger partial charge in [0.1, 0.15) is 11.8 Å². The molecule has 2 aliphatic rings. The van der Waals surface area contributed by atoms with Crippen LogP contribution in [0.25, 0.3) is 0 Å². The van der Waals surface area contributed by atoms with Gasteiger partial charge >= 0.3 is 0 Å². The zero-order valence-corrected chi connectivity index (χ0v) is 15.6. The molecule has 2 aliphatic heterocycles. The number of thioether (sulfide) groups is 1. The first-order chi connectivity index (χ1) is 12.1. The summed E-state index contributed by atoms with van der Waals surface area (Å²) in [6, 6.07) is 14.6. The van der Waals surface area contributed by atoms with E-state index in [2.05, 4.69) is 54.9 Å². The molecular weight excluding hydrogens is 330 g/mol. The number of fused-ring (bicyclic) bond motifs is 1. The van der Waals surface area contributed by atoms with E-state index in [1.807, 2.05) is 36.2 Å². The zero-order chi connectivity index (χ0) is 17.4. The second-order valence-corrected chi connectivity index (χ2v) is 8.25. The van der Waals surface area contributed by atoms with Crippen LogP contribution in [0.5, 0.6) is 5.75 Å². The third-order valence-electron chi connectivity index (χ3n) is 4.48. The summed E-state index contributed by atoms with van der Waals surface area (Å²) in [5.74, 6) is 0.949. The monoisotopic (exact) mass is 353 g/mol. The standard InChI is InChI=1S/C20H23N3OS/c1-13(2)24-17-10-5-4-8-15(17)19-18(16-9-6-7-11-21-16)22-20-23(19)12-14(3)25-20/h4-11,13-14,18-19H,12H2,1-3H3/t14-,18+,19-/m1/s1. The SMILES string of the molecule is CC(C)Oc1ccccc1[C@@H]1[C@H](c2ccccn2)N=C2S[C@H](C)CN21. The van der Waals surface area contributed by atoms with Gasteiger partial charge in [-0.15, -0.1) is 0 Å². The second-order valence-electron chi connectivity index (χ2n) is 6.84. The van der Waals surface area contributed by atoms with E-state index in [0.717, 1.165) is 23.2 Å². The predicted molar refractivity (Wildman–Crippen MR) is 103 cm³/mol. The van der Waals surface area contributed by atoms with Gasteiger partial charge in [-0.25, -0.2) is 0 Å². The Balaban J connectivity index is 1.78. The van der Waals surface area contributed by atoms with Gasteiger partial charge in [-0.3, -0.25) is 9.98 Å². The smallest absolute Gasteiger partial charge is 0.160 e. The molecule has 0 unspecified atom stereocenters. The molecule has 3 heterocycles. The molecule has 1 fully saturated rings. The Kier molecular flexibility index (Phi) is 4.42. The lowest BCUT2D eigenvalue weighted by molar-refractivity contribution is 0.230. The molecule has 1 aromatic carbocycles. The van der Waals surface area contributed by atoms with E-state index >= 15 is 0 Å². The first-order valence-corrected chi connectivity index (χ1v) is 9.69. The number of benzene rings is 1. The highest BCUT2D eigenvalue weighted by atomic mass is 32.2. The number of pyridine rings is 1.